The summed E-state index contributed by atoms with van der Waals surface area (Å²) in [5.74, 6) is -0.614. The summed E-state index contributed by atoms with van der Waals surface area (Å²) in [6.45, 7) is 0.977. The molecule has 27 heavy (non-hydrogen) atoms. The fraction of sp³-hybridized carbons (Fsp3) is 0.316. The van der Waals surface area contributed by atoms with E-state index in [1.807, 2.05) is 25.1 Å². The predicted molar refractivity (Wildman–Crippen MR) is 105 cm³/mol. The molecule has 1 amide bonds. The van der Waals surface area contributed by atoms with E-state index in [1.54, 1.807) is 18.2 Å². The van der Waals surface area contributed by atoms with E-state index in [-0.39, 0.29) is 16.3 Å². The minimum absolute atomic E-state index is 0.0551. The number of phenols is 1. The van der Waals surface area contributed by atoms with E-state index in [2.05, 4.69) is 5.32 Å². The standard InChI is InChI=1S/C19H23N3O4S/c1-21(2)15-7-5-6-14(12-15)19(24)20-17-13-16(8-9-18(17)23)27(25,26)22-10-3-4-11-22/h5-9,12-13,23H,3-4,10-11H2,1-2H3,(H,20,24). The highest BCUT2D eigenvalue weighted by atomic mass is 32.2. The molecule has 2 N–H and O–H groups in total. The van der Waals surface area contributed by atoms with Gasteiger partial charge in [-0.2, -0.15) is 4.31 Å². The van der Waals surface area contributed by atoms with Crippen molar-refractivity contribution in [3.8, 4) is 5.75 Å². The number of hydrogen-bond donors (Lipinski definition) is 2. The zero-order chi connectivity index (χ0) is 19.6. The first-order valence-corrected chi connectivity index (χ1v) is 10.1. The fourth-order valence-corrected chi connectivity index (χ4v) is 4.52. The van der Waals surface area contributed by atoms with E-state index >= 15 is 0 Å². The summed E-state index contributed by atoms with van der Waals surface area (Å²) in [6.07, 6.45) is 1.67. The third-order valence-corrected chi connectivity index (χ3v) is 6.44. The number of aromatic hydroxyl groups is 1. The van der Waals surface area contributed by atoms with Crippen LogP contribution in [0.15, 0.2) is 47.4 Å². The highest BCUT2D eigenvalue weighted by Crippen LogP contribution is 2.29. The van der Waals surface area contributed by atoms with Crippen LogP contribution in [0, 0.1) is 0 Å². The second kappa shape index (κ2) is 7.58. The molecule has 2 aromatic rings. The number of amides is 1. The minimum Gasteiger partial charge on any atom is -0.506 e. The predicted octanol–water partition coefficient (Wildman–Crippen LogP) is 2.50. The summed E-state index contributed by atoms with van der Waals surface area (Å²) < 4.78 is 26.8. The zero-order valence-electron chi connectivity index (χ0n) is 15.3. The van der Waals surface area contributed by atoms with E-state index in [1.165, 1.54) is 22.5 Å². The average molecular weight is 389 g/mol. The molecule has 1 aliphatic heterocycles. The number of nitrogens with one attached hydrogen (secondary N) is 1. The fourth-order valence-electron chi connectivity index (χ4n) is 2.97. The van der Waals surface area contributed by atoms with E-state index in [4.69, 9.17) is 0 Å². The first kappa shape index (κ1) is 19.2. The van der Waals surface area contributed by atoms with Crippen LogP contribution in [0.1, 0.15) is 23.2 Å². The SMILES string of the molecule is CN(C)c1cccc(C(=O)Nc2cc(S(=O)(=O)N3CCCC3)ccc2O)c1. The van der Waals surface area contributed by atoms with Crippen molar-refractivity contribution < 1.29 is 18.3 Å². The topological polar surface area (TPSA) is 90.0 Å². The number of nitrogens with zero attached hydrogens (tertiary/aromatic N) is 2. The number of hydrogen-bond acceptors (Lipinski definition) is 5. The average Bonchev–Trinajstić information content (AvgIpc) is 3.19. The maximum Gasteiger partial charge on any atom is 0.255 e. The number of sulfonamides is 1. The first-order valence-electron chi connectivity index (χ1n) is 8.71. The molecular formula is C19H23N3O4S. The van der Waals surface area contributed by atoms with Gasteiger partial charge in [0.25, 0.3) is 5.91 Å². The Balaban J connectivity index is 1.87. The molecule has 2 aromatic carbocycles. The highest BCUT2D eigenvalue weighted by Gasteiger charge is 2.28. The quantitative estimate of drug-likeness (QED) is 0.767. The lowest BCUT2D eigenvalue weighted by molar-refractivity contribution is 0.102. The number of benzene rings is 2. The lowest BCUT2D eigenvalue weighted by Gasteiger charge is -2.17. The van der Waals surface area contributed by atoms with E-state index in [9.17, 15) is 18.3 Å². The summed E-state index contributed by atoms with van der Waals surface area (Å²) in [5, 5.41) is 12.7. The number of rotatable bonds is 5. The number of carbonyl (C=O) groups excluding carboxylic acids is 1. The molecule has 8 heteroatoms. The van der Waals surface area contributed by atoms with Crippen molar-refractivity contribution in [3.63, 3.8) is 0 Å². The van der Waals surface area contributed by atoms with Crippen LogP contribution in [0.3, 0.4) is 0 Å². The summed E-state index contributed by atoms with van der Waals surface area (Å²) in [6, 6.07) is 11.0. The molecule has 7 nitrogen and oxygen atoms in total. The van der Waals surface area contributed by atoms with Crippen molar-refractivity contribution in [3.05, 3.63) is 48.0 Å². The first-order chi connectivity index (χ1) is 12.8. The van der Waals surface area contributed by atoms with Crippen LogP contribution >= 0.6 is 0 Å². The molecule has 1 saturated heterocycles. The van der Waals surface area contributed by atoms with Gasteiger partial charge in [-0.25, -0.2) is 8.42 Å². The number of anilines is 2. The van der Waals surface area contributed by atoms with Crippen molar-refractivity contribution in [1.29, 1.82) is 0 Å². The Hall–Kier alpha value is -2.58. The Morgan fingerprint density at radius 1 is 1.11 bits per heavy atom. The van der Waals surface area contributed by atoms with Gasteiger partial charge in [0, 0.05) is 38.4 Å². The lowest BCUT2D eigenvalue weighted by Crippen LogP contribution is -2.28. The molecule has 1 heterocycles. The molecule has 144 valence electrons. The maximum atomic E-state index is 12.7. The van der Waals surface area contributed by atoms with Crippen LogP contribution in [0.4, 0.5) is 11.4 Å². The van der Waals surface area contributed by atoms with E-state index in [0.717, 1.165) is 18.5 Å². The second-order valence-electron chi connectivity index (χ2n) is 6.69. The van der Waals surface area contributed by atoms with Crippen molar-refractivity contribution >= 4 is 27.3 Å². The lowest BCUT2D eigenvalue weighted by atomic mass is 10.1. The van der Waals surface area contributed by atoms with E-state index in [0.29, 0.717) is 18.7 Å². The Kier molecular flexibility index (Phi) is 5.38. The molecule has 1 fully saturated rings. The van der Waals surface area contributed by atoms with Gasteiger partial charge in [-0.15, -0.1) is 0 Å². The summed E-state index contributed by atoms with van der Waals surface area (Å²) >= 11 is 0. The third kappa shape index (κ3) is 4.06. The zero-order valence-corrected chi connectivity index (χ0v) is 16.2. The van der Waals surface area contributed by atoms with Crippen molar-refractivity contribution in [2.75, 3.05) is 37.4 Å². The number of phenolic OH excluding ortho intramolecular Hbond substituents is 1. The summed E-state index contributed by atoms with van der Waals surface area (Å²) in [7, 11) is 0.109. The van der Waals surface area contributed by atoms with Crippen molar-refractivity contribution in [1.82, 2.24) is 4.31 Å². The Bertz CT molecular complexity index is 951. The van der Waals surface area contributed by atoms with Crippen LogP contribution in [-0.2, 0) is 10.0 Å². The molecule has 0 radical (unpaired) electrons. The van der Waals surface area contributed by atoms with Gasteiger partial charge >= 0.3 is 0 Å². The third-order valence-electron chi connectivity index (χ3n) is 4.54. The molecule has 0 unspecified atom stereocenters. The van der Waals surface area contributed by atoms with Gasteiger partial charge in [-0.1, -0.05) is 6.07 Å². The van der Waals surface area contributed by atoms with Crippen LogP contribution in [0.25, 0.3) is 0 Å². The normalized spacial score (nSPS) is 14.9. The Labute approximate surface area is 159 Å². The largest absolute Gasteiger partial charge is 0.506 e. The monoisotopic (exact) mass is 389 g/mol. The van der Waals surface area contributed by atoms with Crippen LogP contribution in [-0.4, -0.2) is 50.9 Å². The van der Waals surface area contributed by atoms with Gasteiger partial charge in [0.2, 0.25) is 10.0 Å². The smallest absolute Gasteiger partial charge is 0.255 e. The highest BCUT2D eigenvalue weighted by molar-refractivity contribution is 7.89. The summed E-state index contributed by atoms with van der Waals surface area (Å²) in [4.78, 5) is 14.5. The van der Waals surface area contributed by atoms with Gasteiger partial charge in [0.1, 0.15) is 5.75 Å². The van der Waals surface area contributed by atoms with E-state index < -0.39 is 15.9 Å². The summed E-state index contributed by atoms with van der Waals surface area (Å²) in [5.41, 5.74) is 1.33. The van der Waals surface area contributed by atoms with Crippen LogP contribution in [0.5, 0.6) is 5.75 Å². The van der Waals surface area contributed by atoms with Crippen molar-refractivity contribution in [2.45, 2.75) is 17.7 Å². The van der Waals surface area contributed by atoms with Crippen LogP contribution < -0.4 is 10.2 Å². The molecular weight excluding hydrogens is 366 g/mol. The van der Waals surface area contributed by atoms with Gasteiger partial charge in [0.15, 0.2) is 0 Å². The van der Waals surface area contributed by atoms with Gasteiger partial charge in [-0.05, 0) is 49.2 Å². The Morgan fingerprint density at radius 3 is 2.48 bits per heavy atom. The van der Waals surface area contributed by atoms with Gasteiger partial charge < -0.3 is 15.3 Å². The number of carbonyl (C=O) groups is 1. The molecule has 0 aromatic heterocycles. The molecule has 0 spiro atoms. The molecule has 0 atom stereocenters. The second-order valence-corrected chi connectivity index (χ2v) is 8.63. The van der Waals surface area contributed by atoms with Crippen molar-refractivity contribution in [2.24, 2.45) is 0 Å². The van der Waals surface area contributed by atoms with Crippen LogP contribution in [0.2, 0.25) is 0 Å². The minimum atomic E-state index is -3.63. The maximum absolute atomic E-state index is 12.7. The molecule has 0 saturated carbocycles. The Morgan fingerprint density at radius 2 is 1.81 bits per heavy atom. The van der Waals surface area contributed by atoms with Gasteiger partial charge in [0.05, 0.1) is 10.6 Å². The molecule has 3 rings (SSSR count). The molecule has 0 bridgehead atoms. The molecule has 0 aliphatic carbocycles. The molecule has 1 aliphatic rings. The van der Waals surface area contributed by atoms with Gasteiger partial charge in [-0.3, -0.25) is 4.79 Å².